The van der Waals surface area contributed by atoms with Gasteiger partial charge in [-0.25, -0.2) is 8.93 Å². The summed E-state index contributed by atoms with van der Waals surface area (Å²) in [5.74, 6) is -0.395. The minimum atomic E-state index is -4.80. The lowest BCUT2D eigenvalue weighted by molar-refractivity contribution is -0.275. The average molecular weight is 536 g/mol. The van der Waals surface area contributed by atoms with Gasteiger partial charge in [0, 0.05) is 40.7 Å². The molecule has 2 heterocycles. The van der Waals surface area contributed by atoms with Crippen LogP contribution < -0.4 is 10.0 Å². The van der Waals surface area contributed by atoms with E-state index in [1.165, 1.54) is 18.2 Å². The molecule has 0 aliphatic carbocycles. The Morgan fingerprint density at radius 3 is 2.56 bits per heavy atom. The molecule has 0 spiro atoms. The van der Waals surface area contributed by atoms with Gasteiger partial charge in [0.2, 0.25) is 11.3 Å². The largest absolute Gasteiger partial charge is 0.435 e. The highest BCUT2D eigenvalue weighted by Crippen LogP contribution is 2.49. The van der Waals surface area contributed by atoms with Gasteiger partial charge in [0.1, 0.15) is 6.10 Å². The van der Waals surface area contributed by atoms with Crippen molar-refractivity contribution in [3.63, 3.8) is 0 Å². The van der Waals surface area contributed by atoms with E-state index in [-0.39, 0.29) is 27.9 Å². The van der Waals surface area contributed by atoms with Gasteiger partial charge in [0.15, 0.2) is 0 Å². The van der Waals surface area contributed by atoms with Crippen LogP contribution in [0.4, 0.5) is 13.2 Å². The summed E-state index contributed by atoms with van der Waals surface area (Å²) in [7, 11) is 0. The predicted molar refractivity (Wildman–Crippen MR) is 121 cm³/mol. The molecular weight excluding hydrogens is 518 g/mol. The van der Waals surface area contributed by atoms with Gasteiger partial charge in [0.05, 0.1) is 5.71 Å². The summed E-state index contributed by atoms with van der Waals surface area (Å²) in [6.07, 6.45) is -5.83. The van der Waals surface area contributed by atoms with Crippen molar-refractivity contribution in [1.82, 2.24) is 10.0 Å². The first-order valence-electron chi connectivity index (χ1n) is 9.98. The van der Waals surface area contributed by atoms with Gasteiger partial charge in [-0.05, 0) is 48.4 Å². The highest BCUT2D eigenvalue weighted by atomic mass is 35.5. The van der Waals surface area contributed by atoms with Crippen molar-refractivity contribution in [3.05, 3.63) is 68.7 Å². The molecule has 1 fully saturated rings. The van der Waals surface area contributed by atoms with Crippen LogP contribution in [0.15, 0.2) is 41.6 Å². The molecule has 2 N–H and O–H groups in total. The van der Waals surface area contributed by atoms with Gasteiger partial charge in [-0.2, -0.15) is 13.2 Å². The second-order valence-electron chi connectivity index (χ2n) is 7.83. The van der Waals surface area contributed by atoms with Crippen molar-refractivity contribution in [3.8, 4) is 0 Å². The van der Waals surface area contributed by atoms with Crippen molar-refractivity contribution in [2.75, 3.05) is 13.1 Å². The van der Waals surface area contributed by atoms with E-state index in [4.69, 9.17) is 32.2 Å². The number of hydrogen-bond acceptors (Lipinski definition) is 5. The highest BCUT2D eigenvalue weighted by Gasteiger charge is 2.62. The number of rotatable bonds is 5. The van der Waals surface area contributed by atoms with E-state index in [1.807, 2.05) is 0 Å². The first-order valence-corrected chi connectivity index (χ1v) is 11.8. The molecule has 2 aliphatic rings. The van der Waals surface area contributed by atoms with Crippen LogP contribution in [0.1, 0.15) is 33.5 Å². The quantitative estimate of drug-likeness (QED) is 0.601. The molecule has 0 radical (unpaired) electrons. The van der Waals surface area contributed by atoms with Gasteiger partial charge < -0.3 is 10.2 Å². The Bertz CT molecular complexity index is 1170. The van der Waals surface area contributed by atoms with E-state index in [0.717, 1.165) is 12.1 Å². The van der Waals surface area contributed by atoms with Gasteiger partial charge in [0.25, 0.3) is 11.5 Å². The molecule has 0 aromatic heterocycles. The molecule has 2 aromatic carbocycles. The van der Waals surface area contributed by atoms with Crippen LogP contribution in [0.5, 0.6) is 0 Å². The predicted octanol–water partition coefficient (Wildman–Crippen LogP) is 4.18. The Balaban J connectivity index is 1.53. The lowest BCUT2D eigenvalue weighted by atomic mass is 9.86. The van der Waals surface area contributed by atoms with E-state index < -0.39 is 41.5 Å². The Kier molecular flexibility index (Phi) is 6.94. The van der Waals surface area contributed by atoms with Crippen LogP contribution in [0, 0.1) is 6.92 Å². The molecule has 182 valence electrons. The van der Waals surface area contributed by atoms with Gasteiger partial charge in [-0.1, -0.05) is 34.4 Å². The number of halogens is 5. The fourth-order valence-electron chi connectivity index (χ4n) is 3.70. The lowest BCUT2D eigenvalue weighted by Gasteiger charge is -2.29. The lowest BCUT2D eigenvalue weighted by Crippen LogP contribution is -2.42. The third kappa shape index (κ3) is 4.94. The number of hydrogen-bond donors (Lipinski definition) is 2. The number of alkyl halides is 3. The van der Waals surface area contributed by atoms with Gasteiger partial charge in [-0.3, -0.25) is 8.98 Å². The van der Waals surface area contributed by atoms with E-state index >= 15 is 0 Å². The molecule has 1 amide bonds. The van der Waals surface area contributed by atoms with Crippen molar-refractivity contribution >= 4 is 46.1 Å². The summed E-state index contributed by atoms with van der Waals surface area (Å²) in [5.41, 5.74) is -1.69. The zero-order valence-corrected chi connectivity index (χ0v) is 19.9. The maximum atomic E-state index is 14.2. The minimum Gasteiger partial charge on any atom is -0.374 e. The minimum absolute atomic E-state index is 0.0411. The second-order valence-corrected chi connectivity index (χ2v) is 9.65. The van der Waals surface area contributed by atoms with Crippen LogP contribution in [-0.2, 0) is 25.9 Å². The number of amides is 1. The number of carbonyl (C=O) groups excluding carboxylic acids is 1. The molecule has 3 unspecified atom stereocenters. The zero-order chi connectivity index (χ0) is 24.7. The SMILES string of the molecule is Cc1cc(C2=NOC(c3cc(Cl)cc(Cl)c3)(C(F)(F)F)C2)ccc1C(=O)NCC1CNS(=O)O1. The summed E-state index contributed by atoms with van der Waals surface area (Å²) in [6.45, 7) is 2.14. The number of oxime groups is 1. The van der Waals surface area contributed by atoms with Crippen molar-refractivity contribution in [2.45, 2.75) is 31.2 Å². The topological polar surface area (TPSA) is 89.0 Å². The molecule has 3 atom stereocenters. The number of aryl methyl sites for hydroxylation is 1. The van der Waals surface area contributed by atoms with Gasteiger partial charge >= 0.3 is 6.18 Å². The standard InChI is InChI=1S/C21H18Cl2F3N3O4S/c1-11-4-12(2-3-17(11)19(30)27-9-16-10-28-34(31)32-16)18-8-20(33-29-18,21(24,25)26)13-5-14(22)7-15(23)6-13/h2-7,16,28H,8-10H2,1H3,(H,27,30). The Morgan fingerprint density at radius 1 is 1.26 bits per heavy atom. The van der Waals surface area contributed by atoms with E-state index in [1.54, 1.807) is 13.0 Å². The van der Waals surface area contributed by atoms with E-state index in [9.17, 15) is 22.2 Å². The Morgan fingerprint density at radius 2 is 1.97 bits per heavy atom. The Hall–Kier alpha value is -2.18. The maximum absolute atomic E-state index is 14.2. The fourth-order valence-corrected chi connectivity index (χ4v) is 5.00. The summed E-state index contributed by atoms with van der Waals surface area (Å²) >= 11 is 10.3. The normalized spacial score (nSPS) is 24.6. The first-order chi connectivity index (χ1) is 16.0. The summed E-state index contributed by atoms with van der Waals surface area (Å²) < 4.78 is 61.4. The number of nitrogens with zero attached hydrogens (tertiary/aromatic N) is 1. The van der Waals surface area contributed by atoms with Crippen LogP contribution in [0.3, 0.4) is 0 Å². The number of carbonyl (C=O) groups is 1. The van der Waals surface area contributed by atoms with Gasteiger partial charge in [-0.15, -0.1) is 0 Å². The first kappa shape index (κ1) is 24.9. The molecule has 4 rings (SSSR count). The summed E-state index contributed by atoms with van der Waals surface area (Å²) in [5, 5.41) is 6.50. The molecule has 34 heavy (non-hydrogen) atoms. The van der Waals surface area contributed by atoms with Crippen molar-refractivity contribution in [1.29, 1.82) is 0 Å². The third-order valence-corrected chi connectivity index (χ3v) is 6.75. The molecular formula is C21H18Cl2F3N3O4S. The third-order valence-electron chi connectivity index (χ3n) is 5.46. The smallest absolute Gasteiger partial charge is 0.374 e. The average Bonchev–Trinajstić information content (AvgIpc) is 3.38. The second kappa shape index (κ2) is 9.46. The summed E-state index contributed by atoms with van der Waals surface area (Å²) in [4.78, 5) is 17.5. The van der Waals surface area contributed by atoms with Crippen molar-refractivity contribution < 1.29 is 31.2 Å². The molecule has 0 bridgehead atoms. The zero-order valence-electron chi connectivity index (χ0n) is 17.5. The van der Waals surface area contributed by atoms with E-state index in [0.29, 0.717) is 23.2 Å². The van der Waals surface area contributed by atoms with E-state index in [2.05, 4.69) is 15.2 Å². The van der Waals surface area contributed by atoms with Crippen LogP contribution in [0.25, 0.3) is 0 Å². The molecule has 0 saturated carbocycles. The number of benzene rings is 2. The number of nitrogens with one attached hydrogen (secondary N) is 2. The molecule has 2 aromatic rings. The fraction of sp³-hybridized carbons (Fsp3) is 0.333. The monoisotopic (exact) mass is 535 g/mol. The van der Waals surface area contributed by atoms with Crippen molar-refractivity contribution in [2.24, 2.45) is 5.16 Å². The Labute approximate surface area is 205 Å². The van der Waals surface area contributed by atoms with Crippen LogP contribution in [-0.4, -0.2) is 41.2 Å². The molecule has 13 heteroatoms. The summed E-state index contributed by atoms with van der Waals surface area (Å²) in [6, 6.07) is 8.20. The molecule has 7 nitrogen and oxygen atoms in total. The molecule has 2 aliphatic heterocycles. The molecule has 1 saturated heterocycles. The maximum Gasteiger partial charge on any atom is 0.435 e. The van der Waals surface area contributed by atoms with Crippen LogP contribution in [0.2, 0.25) is 10.0 Å². The highest BCUT2D eigenvalue weighted by molar-refractivity contribution is 7.78. The van der Waals surface area contributed by atoms with Crippen LogP contribution >= 0.6 is 23.2 Å².